The first-order valence-corrected chi connectivity index (χ1v) is 3.99. The predicted molar refractivity (Wildman–Crippen MR) is 40.3 cm³/mol. The van der Waals surface area contributed by atoms with Crippen LogP contribution in [0.1, 0.15) is 18.3 Å². The van der Waals surface area contributed by atoms with E-state index in [-0.39, 0.29) is 5.92 Å². The molecule has 1 fully saturated rings. The maximum atomic E-state index is 9.70. The zero-order valence-corrected chi connectivity index (χ0v) is 6.60. The smallest absolute Gasteiger partial charge is 0.153 e. The third-order valence-electron chi connectivity index (χ3n) is 2.13. The Hall–Kier alpha value is -0.940. The second-order valence-corrected chi connectivity index (χ2v) is 2.94. The SMILES string of the molecule is OC(c1ncn[nH]1)C1CCOC1. The van der Waals surface area contributed by atoms with Crippen LogP contribution in [0.15, 0.2) is 6.33 Å². The summed E-state index contributed by atoms with van der Waals surface area (Å²) in [5.41, 5.74) is 0. The molecular weight excluding hydrogens is 158 g/mol. The van der Waals surface area contributed by atoms with E-state index in [0.29, 0.717) is 12.4 Å². The molecule has 0 aromatic carbocycles. The van der Waals surface area contributed by atoms with Crippen molar-refractivity contribution < 1.29 is 9.84 Å². The molecule has 1 aliphatic rings. The van der Waals surface area contributed by atoms with Gasteiger partial charge in [0.2, 0.25) is 0 Å². The van der Waals surface area contributed by atoms with Crippen molar-refractivity contribution in [2.24, 2.45) is 5.92 Å². The lowest BCUT2D eigenvalue weighted by Crippen LogP contribution is -2.13. The van der Waals surface area contributed by atoms with Gasteiger partial charge >= 0.3 is 0 Å². The van der Waals surface area contributed by atoms with Gasteiger partial charge in [-0.05, 0) is 6.42 Å². The standard InChI is InChI=1S/C7H11N3O2/c11-6(5-1-2-12-3-5)7-8-4-9-10-7/h4-6,11H,1-3H2,(H,8,9,10). The van der Waals surface area contributed by atoms with E-state index < -0.39 is 6.10 Å². The lowest BCUT2D eigenvalue weighted by Gasteiger charge is -2.12. The minimum Gasteiger partial charge on any atom is -0.385 e. The Morgan fingerprint density at radius 3 is 3.25 bits per heavy atom. The van der Waals surface area contributed by atoms with E-state index in [0.717, 1.165) is 13.0 Å². The van der Waals surface area contributed by atoms with E-state index in [1.807, 2.05) is 0 Å². The van der Waals surface area contributed by atoms with Gasteiger partial charge in [-0.3, -0.25) is 5.10 Å². The first kappa shape index (κ1) is 7.70. The molecule has 2 heterocycles. The molecule has 0 amide bonds. The molecule has 0 radical (unpaired) electrons. The van der Waals surface area contributed by atoms with E-state index in [1.165, 1.54) is 6.33 Å². The Labute approximate surface area is 69.8 Å². The fourth-order valence-electron chi connectivity index (χ4n) is 1.38. The summed E-state index contributed by atoms with van der Waals surface area (Å²) in [4.78, 5) is 3.89. The van der Waals surface area contributed by atoms with Crippen LogP contribution in [-0.2, 0) is 4.74 Å². The highest BCUT2D eigenvalue weighted by atomic mass is 16.5. The maximum absolute atomic E-state index is 9.70. The fraction of sp³-hybridized carbons (Fsp3) is 0.714. The average Bonchev–Trinajstić information content (AvgIpc) is 2.77. The first-order valence-electron chi connectivity index (χ1n) is 3.99. The van der Waals surface area contributed by atoms with Gasteiger partial charge in [0.05, 0.1) is 6.61 Å². The number of aliphatic hydroxyl groups excluding tert-OH is 1. The second-order valence-electron chi connectivity index (χ2n) is 2.94. The summed E-state index contributed by atoms with van der Waals surface area (Å²) in [6.07, 6.45) is 1.73. The third kappa shape index (κ3) is 1.33. The Kier molecular flexibility index (Phi) is 2.05. The van der Waals surface area contributed by atoms with Gasteiger partial charge in [-0.15, -0.1) is 0 Å². The van der Waals surface area contributed by atoms with Gasteiger partial charge in [-0.1, -0.05) is 0 Å². The van der Waals surface area contributed by atoms with Crippen LogP contribution in [0.2, 0.25) is 0 Å². The number of hydrogen-bond acceptors (Lipinski definition) is 4. The van der Waals surface area contributed by atoms with Gasteiger partial charge in [-0.25, -0.2) is 4.98 Å². The Balaban J connectivity index is 2.04. The van der Waals surface area contributed by atoms with Crippen molar-refractivity contribution in [2.45, 2.75) is 12.5 Å². The molecule has 5 nitrogen and oxygen atoms in total. The summed E-state index contributed by atoms with van der Waals surface area (Å²) < 4.78 is 5.15. The monoisotopic (exact) mass is 169 g/mol. The number of nitrogens with one attached hydrogen (secondary N) is 1. The van der Waals surface area contributed by atoms with Crippen molar-refractivity contribution in [1.29, 1.82) is 0 Å². The van der Waals surface area contributed by atoms with Crippen LogP contribution in [0.25, 0.3) is 0 Å². The van der Waals surface area contributed by atoms with Crippen LogP contribution < -0.4 is 0 Å². The molecular formula is C7H11N3O2. The fourth-order valence-corrected chi connectivity index (χ4v) is 1.38. The maximum Gasteiger partial charge on any atom is 0.153 e. The molecule has 2 N–H and O–H groups in total. The van der Waals surface area contributed by atoms with Crippen LogP contribution in [-0.4, -0.2) is 33.5 Å². The largest absolute Gasteiger partial charge is 0.385 e. The number of aliphatic hydroxyl groups is 1. The van der Waals surface area contributed by atoms with Crippen molar-refractivity contribution in [3.8, 4) is 0 Å². The number of nitrogens with zero attached hydrogens (tertiary/aromatic N) is 2. The normalized spacial score (nSPS) is 25.9. The van der Waals surface area contributed by atoms with Gasteiger partial charge in [-0.2, -0.15) is 5.10 Å². The number of ether oxygens (including phenoxy) is 1. The average molecular weight is 169 g/mol. The van der Waals surface area contributed by atoms with Gasteiger partial charge in [0, 0.05) is 12.5 Å². The lowest BCUT2D eigenvalue weighted by molar-refractivity contribution is 0.0852. The molecule has 2 rings (SSSR count). The molecule has 0 saturated carbocycles. The molecule has 1 saturated heterocycles. The van der Waals surface area contributed by atoms with Crippen molar-refractivity contribution in [1.82, 2.24) is 15.2 Å². The molecule has 5 heteroatoms. The molecule has 0 aliphatic carbocycles. The molecule has 66 valence electrons. The quantitative estimate of drug-likeness (QED) is 0.647. The van der Waals surface area contributed by atoms with Gasteiger partial charge in [0.1, 0.15) is 12.4 Å². The summed E-state index contributed by atoms with van der Waals surface area (Å²) in [5, 5.41) is 16.0. The van der Waals surface area contributed by atoms with E-state index >= 15 is 0 Å². The zero-order chi connectivity index (χ0) is 8.39. The number of aromatic nitrogens is 3. The minimum atomic E-state index is -0.560. The summed E-state index contributed by atoms with van der Waals surface area (Å²) in [6.45, 7) is 1.34. The van der Waals surface area contributed by atoms with E-state index in [2.05, 4.69) is 15.2 Å². The zero-order valence-electron chi connectivity index (χ0n) is 6.60. The number of rotatable bonds is 2. The molecule has 1 aliphatic heterocycles. The van der Waals surface area contributed by atoms with Crippen molar-refractivity contribution in [3.05, 3.63) is 12.2 Å². The Morgan fingerprint density at radius 1 is 1.75 bits per heavy atom. The third-order valence-corrected chi connectivity index (χ3v) is 2.13. The van der Waals surface area contributed by atoms with E-state index in [9.17, 15) is 5.11 Å². The molecule has 12 heavy (non-hydrogen) atoms. The number of aromatic amines is 1. The van der Waals surface area contributed by atoms with Crippen molar-refractivity contribution in [3.63, 3.8) is 0 Å². The highest BCUT2D eigenvalue weighted by Crippen LogP contribution is 2.25. The second kappa shape index (κ2) is 3.20. The molecule has 0 bridgehead atoms. The van der Waals surface area contributed by atoms with Crippen LogP contribution in [0, 0.1) is 5.92 Å². The van der Waals surface area contributed by atoms with Crippen molar-refractivity contribution in [2.75, 3.05) is 13.2 Å². The Bertz CT molecular complexity index is 231. The van der Waals surface area contributed by atoms with E-state index in [1.54, 1.807) is 0 Å². The van der Waals surface area contributed by atoms with Gasteiger partial charge in [0.25, 0.3) is 0 Å². The van der Waals surface area contributed by atoms with Crippen molar-refractivity contribution >= 4 is 0 Å². The van der Waals surface area contributed by atoms with Crippen LogP contribution >= 0.6 is 0 Å². The molecule has 0 spiro atoms. The number of H-pyrrole nitrogens is 1. The summed E-state index contributed by atoms with van der Waals surface area (Å²) in [7, 11) is 0. The predicted octanol–water partition coefficient (Wildman–Crippen LogP) is -0.125. The van der Waals surface area contributed by atoms with Crippen LogP contribution in [0.3, 0.4) is 0 Å². The van der Waals surface area contributed by atoms with Gasteiger partial charge < -0.3 is 9.84 Å². The topological polar surface area (TPSA) is 71.0 Å². The highest BCUT2D eigenvalue weighted by Gasteiger charge is 2.26. The van der Waals surface area contributed by atoms with E-state index in [4.69, 9.17) is 4.74 Å². The van der Waals surface area contributed by atoms with Crippen LogP contribution in [0.5, 0.6) is 0 Å². The molecule has 1 aromatic rings. The number of hydrogen-bond donors (Lipinski definition) is 2. The highest BCUT2D eigenvalue weighted by molar-refractivity contribution is 4.91. The van der Waals surface area contributed by atoms with Gasteiger partial charge in [0.15, 0.2) is 5.82 Å². The van der Waals surface area contributed by atoms with Crippen LogP contribution in [0.4, 0.5) is 0 Å². The minimum absolute atomic E-state index is 0.165. The molecule has 2 atom stereocenters. The summed E-state index contributed by atoms with van der Waals surface area (Å²) >= 11 is 0. The summed E-state index contributed by atoms with van der Waals surface area (Å²) in [5.74, 6) is 0.698. The molecule has 1 aromatic heterocycles. The molecule has 2 unspecified atom stereocenters. The summed E-state index contributed by atoms with van der Waals surface area (Å²) in [6, 6.07) is 0. The Morgan fingerprint density at radius 2 is 2.67 bits per heavy atom. The lowest BCUT2D eigenvalue weighted by atomic mass is 10.0. The first-order chi connectivity index (χ1) is 5.88.